The maximum atomic E-state index is 13.3. The van der Waals surface area contributed by atoms with Crippen LogP contribution in [0.5, 0.6) is 0 Å². The third kappa shape index (κ3) is 4.14. The fraction of sp³-hybridized carbons (Fsp3) is 0.130. The quantitative estimate of drug-likeness (QED) is 0.438. The van der Waals surface area contributed by atoms with Gasteiger partial charge in [0.15, 0.2) is 0 Å². The normalized spacial score (nSPS) is 10.9. The average molecular weight is 423 g/mol. The summed E-state index contributed by atoms with van der Waals surface area (Å²) in [7, 11) is 0. The molecule has 7 heteroatoms. The molecular weight excluding hydrogens is 403 g/mol. The first-order valence-electron chi connectivity index (χ1n) is 9.54. The molecule has 0 unspecified atom stereocenters. The lowest BCUT2D eigenvalue weighted by atomic mass is 10.2. The Labute approximate surface area is 178 Å². The Kier molecular flexibility index (Phi) is 5.68. The van der Waals surface area contributed by atoms with Gasteiger partial charge in [-0.15, -0.1) is 0 Å². The molecule has 0 aliphatic carbocycles. The molecule has 0 atom stereocenters. The summed E-state index contributed by atoms with van der Waals surface area (Å²) >= 11 is 6.10. The number of amides is 2. The Hall–Kier alpha value is -3.38. The molecule has 4 aromatic rings. The molecule has 0 spiro atoms. The highest BCUT2D eigenvalue weighted by molar-refractivity contribution is 6.31. The molecule has 0 radical (unpaired) electrons. The molecule has 4 rings (SSSR count). The Morgan fingerprint density at radius 2 is 1.83 bits per heavy atom. The number of urea groups is 1. The van der Waals surface area contributed by atoms with Crippen molar-refractivity contribution in [1.82, 2.24) is 14.9 Å². The first kappa shape index (κ1) is 19.9. The average Bonchev–Trinajstić information content (AvgIpc) is 3.11. The second-order valence-electron chi connectivity index (χ2n) is 6.88. The van der Waals surface area contributed by atoms with Crippen molar-refractivity contribution >= 4 is 34.4 Å². The minimum absolute atomic E-state index is 0.295. The van der Waals surface area contributed by atoms with Crippen molar-refractivity contribution in [3.63, 3.8) is 0 Å². The minimum atomic E-state index is -0.312. The molecule has 5 nitrogen and oxygen atoms in total. The molecule has 0 bridgehead atoms. The van der Waals surface area contributed by atoms with Crippen LogP contribution in [-0.2, 0) is 6.54 Å². The van der Waals surface area contributed by atoms with E-state index in [1.165, 1.54) is 12.1 Å². The molecule has 0 saturated carbocycles. The van der Waals surface area contributed by atoms with E-state index in [0.29, 0.717) is 23.8 Å². The molecule has 1 heterocycles. The van der Waals surface area contributed by atoms with Gasteiger partial charge in [-0.05, 0) is 61.0 Å². The summed E-state index contributed by atoms with van der Waals surface area (Å²) in [5, 5.41) is 6.29. The van der Waals surface area contributed by atoms with E-state index in [4.69, 9.17) is 16.6 Å². The molecule has 0 saturated heterocycles. The van der Waals surface area contributed by atoms with Gasteiger partial charge in [-0.3, -0.25) is 0 Å². The molecule has 30 heavy (non-hydrogen) atoms. The van der Waals surface area contributed by atoms with Gasteiger partial charge in [-0.1, -0.05) is 29.8 Å². The number of hydrogen-bond acceptors (Lipinski definition) is 2. The third-order valence-corrected chi connectivity index (χ3v) is 5.30. The topological polar surface area (TPSA) is 59.0 Å². The molecule has 0 fully saturated rings. The van der Waals surface area contributed by atoms with Crippen LogP contribution in [0.25, 0.3) is 22.4 Å². The van der Waals surface area contributed by atoms with E-state index in [1.807, 2.05) is 35.8 Å². The lowest BCUT2D eigenvalue weighted by Gasteiger charge is -2.13. The maximum Gasteiger partial charge on any atom is 0.319 e. The van der Waals surface area contributed by atoms with Crippen molar-refractivity contribution in [3.8, 4) is 11.4 Å². The molecule has 2 amide bonds. The number of halogens is 2. The largest absolute Gasteiger partial charge is 0.336 e. The van der Waals surface area contributed by atoms with Gasteiger partial charge in [0.2, 0.25) is 0 Å². The molecule has 3 aromatic carbocycles. The number of aromatic nitrogens is 2. The zero-order valence-electron chi connectivity index (χ0n) is 16.3. The molecule has 0 aliphatic heterocycles. The number of nitrogens with one attached hydrogen (secondary N) is 2. The summed E-state index contributed by atoms with van der Waals surface area (Å²) < 4.78 is 15.4. The van der Waals surface area contributed by atoms with Crippen molar-refractivity contribution in [2.75, 3.05) is 11.9 Å². The number of rotatable bonds is 5. The van der Waals surface area contributed by atoms with Crippen LogP contribution in [0.2, 0.25) is 5.02 Å². The standard InChI is InChI=1S/C23H20ClFN4O/c1-15-18(24)5-4-7-19(15)28-23(30)26-13-14-29-21-8-3-2-6-20(21)27-22(29)16-9-11-17(25)12-10-16/h2-12H,13-14H2,1H3,(H2,26,28,30). The van der Waals surface area contributed by atoms with Crippen molar-refractivity contribution in [3.05, 3.63) is 83.1 Å². The second-order valence-corrected chi connectivity index (χ2v) is 7.28. The fourth-order valence-corrected chi connectivity index (χ4v) is 3.49. The van der Waals surface area contributed by atoms with Gasteiger partial charge in [0, 0.05) is 29.4 Å². The summed E-state index contributed by atoms with van der Waals surface area (Å²) in [4.78, 5) is 17.0. The van der Waals surface area contributed by atoms with E-state index in [0.717, 1.165) is 28.0 Å². The van der Waals surface area contributed by atoms with E-state index in [2.05, 4.69) is 10.6 Å². The number of imidazole rings is 1. The highest BCUT2D eigenvalue weighted by Gasteiger charge is 2.13. The van der Waals surface area contributed by atoms with E-state index in [1.54, 1.807) is 30.3 Å². The summed E-state index contributed by atoms with van der Waals surface area (Å²) in [6, 6.07) is 19.1. The maximum absolute atomic E-state index is 13.3. The van der Waals surface area contributed by atoms with E-state index >= 15 is 0 Å². The number of fused-ring (bicyclic) bond motifs is 1. The van der Waals surface area contributed by atoms with Crippen LogP contribution < -0.4 is 10.6 Å². The number of carbonyl (C=O) groups excluding carboxylic acids is 1. The molecule has 152 valence electrons. The predicted molar refractivity (Wildman–Crippen MR) is 118 cm³/mol. The van der Waals surface area contributed by atoms with Crippen LogP contribution in [0.1, 0.15) is 5.56 Å². The van der Waals surface area contributed by atoms with Crippen LogP contribution in [0, 0.1) is 12.7 Å². The van der Waals surface area contributed by atoms with Crippen LogP contribution in [-0.4, -0.2) is 22.1 Å². The highest BCUT2D eigenvalue weighted by atomic mass is 35.5. The Morgan fingerprint density at radius 1 is 1.07 bits per heavy atom. The molecular formula is C23H20ClFN4O. The summed E-state index contributed by atoms with van der Waals surface area (Å²) in [5.74, 6) is 0.431. The number of nitrogens with zero attached hydrogens (tertiary/aromatic N) is 2. The first-order chi connectivity index (χ1) is 14.5. The lowest BCUT2D eigenvalue weighted by Crippen LogP contribution is -2.31. The Morgan fingerprint density at radius 3 is 2.63 bits per heavy atom. The number of anilines is 1. The smallest absolute Gasteiger partial charge is 0.319 e. The van der Waals surface area contributed by atoms with Gasteiger partial charge in [-0.2, -0.15) is 0 Å². The first-order valence-corrected chi connectivity index (χ1v) is 9.92. The summed E-state index contributed by atoms with van der Waals surface area (Å²) in [5.41, 5.74) is 4.08. The molecule has 0 aliphatic rings. The molecule has 1 aromatic heterocycles. The zero-order chi connectivity index (χ0) is 21.1. The molecule has 2 N–H and O–H groups in total. The zero-order valence-corrected chi connectivity index (χ0v) is 17.1. The fourth-order valence-electron chi connectivity index (χ4n) is 3.31. The van der Waals surface area contributed by atoms with Crippen molar-refractivity contribution in [2.45, 2.75) is 13.5 Å². The van der Waals surface area contributed by atoms with Crippen molar-refractivity contribution < 1.29 is 9.18 Å². The number of para-hydroxylation sites is 2. The predicted octanol–water partition coefficient (Wildman–Crippen LogP) is 5.63. The highest BCUT2D eigenvalue weighted by Crippen LogP contribution is 2.25. The minimum Gasteiger partial charge on any atom is -0.336 e. The van der Waals surface area contributed by atoms with E-state index in [9.17, 15) is 9.18 Å². The second kappa shape index (κ2) is 8.55. The van der Waals surface area contributed by atoms with E-state index < -0.39 is 0 Å². The van der Waals surface area contributed by atoms with Crippen molar-refractivity contribution in [1.29, 1.82) is 0 Å². The van der Waals surface area contributed by atoms with Gasteiger partial charge in [0.25, 0.3) is 0 Å². The Bertz CT molecular complexity index is 1200. The SMILES string of the molecule is Cc1c(Cl)cccc1NC(=O)NCCn1c(-c2ccc(F)cc2)nc2ccccc21. The number of carbonyl (C=O) groups is 1. The Balaban J connectivity index is 1.51. The van der Waals surface area contributed by atoms with Gasteiger partial charge in [0.1, 0.15) is 11.6 Å². The third-order valence-electron chi connectivity index (χ3n) is 4.89. The van der Waals surface area contributed by atoms with Gasteiger partial charge in [0.05, 0.1) is 11.0 Å². The number of hydrogen-bond donors (Lipinski definition) is 2. The monoisotopic (exact) mass is 422 g/mol. The van der Waals surface area contributed by atoms with Crippen molar-refractivity contribution in [2.24, 2.45) is 0 Å². The van der Waals surface area contributed by atoms with Crippen LogP contribution in [0.15, 0.2) is 66.7 Å². The summed E-state index contributed by atoms with van der Waals surface area (Å²) in [6.45, 7) is 2.75. The van der Waals surface area contributed by atoms with E-state index in [-0.39, 0.29) is 11.8 Å². The van der Waals surface area contributed by atoms with Crippen LogP contribution >= 0.6 is 11.6 Å². The van der Waals surface area contributed by atoms with Gasteiger partial charge in [-0.25, -0.2) is 14.2 Å². The summed E-state index contributed by atoms with van der Waals surface area (Å²) in [6.07, 6.45) is 0. The van der Waals surface area contributed by atoms with Crippen LogP contribution in [0.4, 0.5) is 14.9 Å². The van der Waals surface area contributed by atoms with Crippen LogP contribution in [0.3, 0.4) is 0 Å². The van der Waals surface area contributed by atoms with Gasteiger partial charge >= 0.3 is 6.03 Å². The van der Waals surface area contributed by atoms with Gasteiger partial charge < -0.3 is 15.2 Å². The lowest BCUT2D eigenvalue weighted by molar-refractivity contribution is 0.251. The number of benzene rings is 3.